The van der Waals surface area contributed by atoms with Crippen molar-refractivity contribution in [3.63, 3.8) is 0 Å². The standard InChI is InChI=1S/C19H20O5/c1-22-14-9-10-15(18(11-14)23-2)16(12-17(20)19(21)24-3)13-7-5-4-6-8-13/h4-11,16H,12H2,1-3H3. The largest absolute Gasteiger partial charge is 0.497 e. The van der Waals surface area contributed by atoms with E-state index >= 15 is 0 Å². The molecule has 0 saturated carbocycles. The Bertz CT molecular complexity index is 709. The number of esters is 1. The summed E-state index contributed by atoms with van der Waals surface area (Å²) in [6.45, 7) is 0. The van der Waals surface area contributed by atoms with Gasteiger partial charge in [0.15, 0.2) is 0 Å². The average Bonchev–Trinajstić information content (AvgIpc) is 2.65. The number of Topliss-reactive ketones (excluding diaryl/α,β-unsaturated/α-hetero) is 1. The molecule has 0 aromatic heterocycles. The van der Waals surface area contributed by atoms with Crippen LogP contribution in [0.3, 0.4) is 0 Å². The molecule has 5 heteroatoms. The van der Waals surface area contributed by atoms with Crippen molar-refractivity contribution < 1.29 is 23.8 Å². The van der Waals surface area contributed by atoms with Gasteiger partial charge in [0, 0.05) is 24.0 Å². The minimum atomic E-state index is -0.844. The maximum atomic E-state index is 12.1. The Balaban J connectivity index is 2.46. The molecule has 126 valence electrons. The van der Waals surface area contributed by atoms with Crippen molar-refractivity contribution in [1.82, 2.24) is 0 Å². The predicted octanol–water partition coefficient (Wildman–Crippen LogP) is 2.97. The lowest BCUT2D eigenvalue weighted by atomic mass is 9.86. The van der Waals surface area contributed by atoms with E-state index in [1.165, 1.54) is 7.11 Å². The van der Waals surface area contributed by atoms with Gasteiger partial charge in [-0.2, -0.15) is 0 Å². The van der Waals surface area contributed by atoms with E-state index in [0.717, 1.165) is 11.1 Å². The number of ether oxygens (including phenoxy) is 3. The van der Waals surface area contributed by atoms with E-state index in [2.05, 4.69) is 4.74 Å². The first kappa shape index (κ1) is 17.5. The quantitative estimate of drug-likeness (QED) is 0.577. The lowest BCUT2D eigenvalue weighted by Crippen LogP contribution is -2.19. The third-order valence-corrected chi connectivity index (χ3v) is 3.82. The lowest BCUT2D eigenvalue weighted by molar-refractivity contribution is -0.151. The minimum absolute atomic E-state index is 0.000620. The number of ketones is 1. The van der Waals surface area contributed by atoms with Crippen LogP contribution in [0.15, 0.2) is 48.5 Å². The van der Waals surface area contributed by atoms with E-state index in [1.54, 1.807) is 26.4 Å². The van der Waals surface area contributed by atoms with Gasteiger partial charge < -0.3 is 14.2 Å². The van der Waals surface area contributed by atoms with Gasteiger partial charge in [-0.15, -0.1) is 0 Å². The molecule has 1 atom stereocenters. The Morgan fingerprint density at radius 3 is 2.25 bits per heavy atom. The Hall–Kier alpha value is -2.82. The molecular formula is C19H20O5. The van der Waals surface area contributed by atoms with Crippen LogP contribution in [0.1, 0.15) is 23.5 Å². The zero-order valence-corrected chi connectivity index (χ0v) is 13.9. The molecular weight excluding hydrogens is 308 g/mol. The van der Waals surface area contributed by atoms with Gasteiger partial charge in [-0.25, -0.2) is 4.79 Å². The molecule has 0 aliphatic rings. The van der Waals surface area contributed by atoms with Crippen molar-refractivity contribution >= 4 is 11.8 Å². The highest BCUT2D eigenvalue weighted by Gasteiger charge is 2.25. The van der Waals surface area contributed by atoms with E-state index in [1.807, 2.05) is 36.4 Å². The first-order valence-corrected chi connectivity index (χ1v) is 7.48. The van der Waals surface area contributed by atoms with Gasteiger partial charge in [0.2, 0.25) is 5.78 Å². The summed E-state index contributed by atoms with van der Waals surface area (Å²) in [6, 6.07) is 14.9. The van der Waals surface area contributed by atoms with Crippen LogP contribution in [0, 0.1) is 0 Å². The molecule has 24 heavy (non-hydrogen) atoms. The van der Waals surface area contributed by atoms with Crippen LogP contribution in [0.2, 0.25) is 0 Å². The molecule has 0 aliphatic heterocycles. The number of hydrogen-bond acceptors (Lipinski definition) is 5. The molecule has 0 bridgehead atoms. The van der Waals surface area contributed by atoms with Gasteiger partial charge in [-0.3, -0.25) is 4.79 Å². The molecule has 5 nitrogen and oxygen atoms in total. The SMILES string of the molecule is COC(=O)C(=O)CC(c1ccccc1)c1ccc(OC)cc1OC. The smallest absolute Gasteiger partial charge is 0.374 e. The van der Waals surface area contributed by atoms with Crippen molar-refractivity contribution in [2.45, 2.75) is 12.3 Å². The molecule has 0 aliphatic carbocycles. The third kappa shape index (κ3) is 3.93. The van der Waals surface area contributed by atoms with Gasteiger partial charge in [0.05, 0.1) is 21.3 Å². The lowest BCUT2D eigenvalue weighted by Gasteiger charge is -2.20. The number of methoxy groups -OCH3 is 3. The van der Waals surface area contributed by atoms with E-state index in [9.17, 15) is 9.59 Å². The third-order valence-electron chi connectivity index (χ3n) is 3.82. The van der Waals surface area contributed by atoms with Crippen molar-refractivity contribution in [2.75, 3.05) is 21.3 Å². The van der Waals surface area contributed by atoms with Gasteiger partial charge in [-0.05, 0) is 11.6 Å². The molecule has 0 spiro atoms. The molecule has 2 rings (SSSR count). The number of rotatable bonds is 7. The van der Waals surface area contributed by atoms with E-state index in [4.69, 9.17) is 9.47 Å². The van der Waals surface area contributed by atoms with E-state index < -0.39 is 11.8 Å². The molecule has 0 radical (unpaired) electrons. The van der Waals surface area contributed by atoms with Crippen molar-refractivity contribution in [3.8, 4) is 11.5 Å². The van der Waals surface area contributed by atoms with Crippen molar-refractivity contribution in [3.05, 3.63) is 59.7 Å². The zero-order chi connectivity index (χ0) is 17.5. The minimum Gasteiger partial charge on any atom is -0.497 e. The maximum Gasteiger partial charge on any atom is 0.374 e. The highest BCUT2D eigenvalue weighted by molar-refractivity contribution is 6.33. The van der Waals surface area contributed by atoms with Crippen LogP contribution in [0.5, 0.6) is 11.5 Å². The molecule has 2 aromatic carbocycles. The van der Waals surface area contributed by atoms with Crippen LogP contribution in [-0.4, -0.2) is 33.1 Å². The van der Waals surface area contributed by atoms with Crippen LogP contribution in [-0.2, 0) is 14.3 Å². The molecule has 0 saturated heterocycles. The fourth-order valence-corrected chi connectivity index (χ4v) is 2.58. The first-order chi connectivity index (χ1) is 11.6. The second kappa shape index (κ2) is 8.15. The highest BCUT2D eigenvalue weighted by Crippen LogP contribution is 2.36. The molecule has 2 aromatic rings. The fourth-order valence-electron chi connectivity index (χ4n) is 2.58. The molecule has 0 N–H and O–H groups in total. The maximum absolute atomic E-state index is 12.1. The molecule has 0 fully saturated rings. The van der Waals surface area contributed by atoms with Crippen LogP contribution in [0.4, 0.5) is 0 Å². The predicted molar refractivity (Wildman–Crippen MR) is 89.5 cm³/mol. The topological polar surface area (TPSA) is 61.8 Å². The summed E-state index contributed by atoms with van der Waals surface area (Å²) in [5.74, 6) is -0.492. The van der Waals surface area contributed by atoms with E-state index in [-0.39, 0.29) is 12.3 Å². The Morgan fingerprint density at radius 2 is 1.67 bits per heavy atom. The Kier molecular flexibility index (Phi) is 5.95. The molecule has 0 amide bonds. The van der Waals surface area contributed by atoms with Crippen LogP contribution < -0.4 is 9.47 Å². The second-order valence-electron chi connectivity index (χ2n) is 5.19. The molecule has 1 unspecified atom stereocenters. The highest BCUT2D eigenvalue weighted by atomic mass is 16.5. The summed E-state index contributed by atoms with van der Waals surface area (Å²) in [5, 5.41) is 0. The van der Waals surface area contributed by atoms with Gasteiger partial charge in [0.1, 0.15) is 11.5 Å². The number of carbonyl (C=O) groups is 2. The monoisotopic (exact) mass is 328 g/mol. The fraction of sp³-hybridized carbons (Fsp3) is 0.263. The Morgan fingerprint density at radius 1 is 0.958 bits per heavy atom. The summed E-state index contributed by atoms with van der Waals surface area (Å²) in [7, 11) is 4.33. The Labute approximate surface area is 141 Å². The summed E-state index contributed by atoms with van der Waals surface area (Å²) >= 11 is 0. The number of hydrogen-bond donors (Lipinski definition) is 0. The molecule has 0 heterocycles. The first-order valence-electron chi connectivity index (χ1n) is 7.48. The van der Waals surface area contributed by atoms with Crippen molar-refractivity contribution in [1.29, 1.82) is 0 Å². The number of benzene rings is 2. The second-order valence-corrected chi connectivity index (χ2v) is 5.19. The normalized spacial score (nSPS) is 11.5. The summed E-state index contributed by atoms with van der Waals surface area (Å²) in [6.07, 6.45) is -0.000620. The van der Waals surface area contributed by atoms with Crippen molar-refractivity contribution in [2.24, 2.45) is 0 Å². The number of carbonyl (C=O) groups excluding carboxylic acids is 2. The van der Waals surface area contributed by atoms with Crippen LogP contribution >= 0.6 is 0 Å². The van der Waals surface area contributed by atoms with E-state index in [0.29, 0.717) is 11.5 Å². The van der Waals surface area contributed by atoms with Gasteiger partial charge >= 0.3 is 5.97 Å². The van der Waals surface area contributed by atoms with Gasteiger partial charge in [-0.1, -0.05) is 36.4 Å². The van der Waals surface area contributed by atoms with Gasteiger partial charge in [0.25, 0.3) is 0 Å². The average molecular weight is 328 g/mol. The summed E-state index contributed by atoms with van der Waals surface area (Å²) in [4.78, 5) is 23.7. The van der Waals surface area contributed by atoms with Crippen LogP contribution in [0.25, 0.3) is 0 Å². The summed E-state index contributed by atoms with van der Waals surface area (Å²) < 4.78 is 15.2. The summed E-state index contributed by atoms with van der Waals surface area (Å²) in [5.41, 5.74) is 1.72. The zero-order valence-electron chi connectivity index (χ0n) is 13.9.